The molecule has 5 amide bonds. The summed E-state index contributed by atoms with van der Waals surface area (Å²) in [5.74, 6) is -1.84. The van der Waals surface area contributed by atoms with Crippen molar-refractivity contribution in [1.29, 1.82) is 0 Å². The number of aryl methyl sites for hydroxylation is 1. The number of ether oxygens (including phenoxy) is 2. The predicted octanol–water partition coefficient (Wildman–Crippen LogP) is 1.19. The molecule has 14 heteroatoms. The molecule has 3 unspecified atom stereocenters. The quantitative estimate of drug-likeness (QED) is 0.140. The fourth-order valence-electron chi connectivity index (χ4n) is 4.20. The van der Waals surface area contributed by atoms with Crippen molar-refractivity contribution in [2.24, 2.45) is 11.7 Å². The lowest BCUT2D eigenvalue weighted by molar-refractivity contribution is -0.143. The number of imide groups is 1. The maximum absolute atomic E-state index is 12.6. The number of nitrogens with zero attached hydrogens (tertiary/aromatic N) is 1. The third kappa shape index (κ3) is 16.7. The lowest BCUT2D eigenvalue weighted by Crippen LogP contribution is -2.46. The zero-order valence-electron chi connectivity index (χ0n) is 27.2. The van der Waals surface area contributed by atoms with Crippen LogP contribution in [0, 0.1) is 5.92 Å². The summed E-state index contributed by atoms with van der Waals surface area (Å²) in [6, 6.07) is 4.93. The summed E-state index contributed by atoms with van der Waals surface area (Å²) in [6.07, 6.45) is 0.793. The molecule has 2 fully saturated rings. The van der Waals surface area contributed by atoms with Gasteiger partial charge in [0, 0.05) is 44.3 Å². The molecule has 2 saturated heterocycles. The van der Waals surface area contributed by atoms with Crippen molar-refractivity contribution in [2.45, 2.75) is 98.5 Å². The first-order valence-corrected chi connectivity index (χ1v) is 15.1. The Balaban J connectivity index is 0.00000124. The number of hydrogen-bond donors (Lipinski definition) is 5. The van der Waals surface area contributed by atoms with Crippen molar-refractivity contribution in [3.8, 4) is 0 Å². The van der Waals surface area contributed by atoms with Crippen molar-refractivity contribution in [1.82, 2.24) is 10.2 Å². The zero-order valence-corrected chi connectivity index (χ0v) is 27.2. The second-order valence-corrected chi connectivity index (χ2v) is 10.4. The fraction of sp³-hybridized carbons (Fsp3) is 0.613. The fourth-order valence-corrected chi connectivity index (χ4v) is 4.20. The van der Waals surface area contributed by atoms with Gasteiger partial charge in [-0.15, -0.1) is 0 Å². The number of likely N-dealkylation sites (tertiary alicyclic amines) is 1. The average molecular weight is 639 g/mol. The van der Waals surface area contributed by atoms with Crippen LogP contribution in [-0.2, 0) is 51.3 Å². The molecule has 1 aromatic rings. The molecule has 0 aromatic heterocycles. The second kappa shape index (κ2) is 22.6. The van der Waals surface area contributed by atoms with Gasteiger partial charge in [-0.3, -0.25) is 33.7 Å². The highest BCUT2D eigenvalue weighted by atomic mass is 16.5. The second-order valence-electron chi connectivity index (χ2n) is 10.4. The SMILES string of the molecule is CC.CCc1cc(NC(=O)CC(NC(=O)CN2C(=O)CCC2=O)C(C)C)ccc1COC(C)=O.NC=O.OC1COCC(O)C1. The molecule has 6 N–H and O–H groups in total. The number of rotatable bonds is 10. The summed E-state index contributed by atoms with van der Waals surface area (Å²) in [4.78, 5) is 69.0. The van der Waals surface area contributed by atoms with Gasteiger partial charge < -0.3 is 36.1 Å². The number of hydrogen-bond acceptors (Lipinski definition) is 10. The van der Waals surface area contributed by atoms with Crippen LogP contribution in [0.15, 0.2) is 18.2 Å². The number of esters is 1. The lowest BCUT2D eigenvalue weighted by atomic mass is 10.00. The molecule has 254 valence electrons. The number of nitrogens with one attached hydrogen (secondary N) is 2. The molecule has 3 atom stereocenters. The molecule has 2 aliphatic rings. The van der Waals surface area contributed by atoms with Gasteiger partial charge in [0.2, 0.25) is 30.0 Å². The summed E-state index contributed by atoms with van der Waals surface area (Å²) in [6.45, 7) is 11.7. The van der Waals surface area contributed by atoms with E-state index in [-0.39, 0.29) is 68.4 Å². The number of carbonyl (C=O) groups excluding carboxylic acids is 6. The Bertz CT molecular complexity index is 1090. The molecular weight excluding hydrogens is 588 g/mol. The molecule has 14 nitrogen and oxygen atoms in total. The Morgan fingerprint density at radius 1 is 1.07 bits per heavy atom. The summed E-state index contributed by atoms with van der Waals surface area (Å²) < 4.78 is 9.85. The van der Waals surface area contributed by atoms with Crippen LogP contribution < -0.4 is 16.4 Å². The monoisotopic (exact) mass is 638 g/mol. The Labute approximate surface area is 265 Å². The van der Waals surface area contributed by atoms with Gasteiger partial charge in [0.05, 0.1) is 25.4 Å². The number of aliphatic hydroxyl groups is 2. The summed E-state index contributed by atoms with van der Waals surface area (Å²) in [5.41, 5.74) is 6.61. The smallest absolute Gasteiger partial charge is 0.302 e. The minimum Gasteiger partial charge on any atom is -0.461 e. The van der Waals surface area contributed by atoms with Crippen LogP contribution >= 0.6 is 0 Å². The molecule has 0 bridgehead atoms. The molecular formula is C31H50N4O10. The standard InChI is InChI=1S/C23H31N3O6.C5H10O3.C2H6.CH3NO/c1-5-16-10-18(7-6-17(16)13-32-15(4)27)24-20(28)11-19(14(2)3)25-21(29)12-26-22(30)8-9-23(26)31;6-4-1-5(7)3-8-2-4;1-2;2-1-3/h6-7,10,14,19H,5,8-9,11-13H2,1-4H3,(H,24,28)(H,25,29);4-7H,1-3H2;1-2H3;1H,(H2,2,3). The van der Waals surface area contributed by atoms with Crippen molar-refractivity contribution >= 4 is 41.7 Å². The highest BCUT2D eigenvalue weighted by Gasteiger charge is 2.31. The zero-order chi connectivity index (χ0) is 34.5. The summed E-state index contributed by atoms with van der Waals surface area (Å²) in [7, 11) is 0. The average Bonchev–Trinajstić information content (AvgIpc) is 3.29. The van der Waals surface area contributed by atoms with E-state index in [0.29, 0.717) is 31.7 Å². The molecule has 2 heterocycles. The van der Waals surface area contributed by atoms with Crippen molar-refractivity contribution in [3.05, 3.63) is 29.3 Å². The molecule has 0 aliphatic carbocycles. The van der Waals surface area contributed by atoms with Crippen molar-refractivity contribution in [3.63, 3.8) is 0 Å². The third-order valence-corrected chi connectivity index (χ3v) is 6.48. The Morgan fingerprint density at radius 2 is 1.62 bits per heavy atom. The van der Waals surface area contributed by atoms with Crippen LogP contribution in [0.3, 0.4) is 0 Å². The van der Waals surface area contributed by atoms with E-state index in [0.717, 1.165) is 16.0 Å². The normalized spacial score (nSPS) is 17.8. The van der Waals surface area contributed by atoms with Gasteiger partial charge in [-0.05, 0) is 35.6 Å². The molecule has 0 saturated carbocycles. The number of nitrogens with two attached hydrogens (primary N) is 1. The first-order valence-electron chi connectivity index (χ1n) is 15.1. The van der Waals surface area contributed by atoms with Crippen LogP contribution in [0.2, 0.25) is 0 Å². The van der Waals surface area contributed by atoms with Gasteiger partial charge in [-0.2, -0.15) is 0 Å². The number of benzene rings is 1. The predicted molar refractivity (Wildman–Crippen MR) is 166 cm³/mol. The van der Waals surface area contributed by atoms with Gasteiger partial charge in [0.1, 0.15) is 13.2 Å². The Kier molecular flexibility index (Phi) is 20.7. The van der Waals surface area contributed by atoms with Gasteiger partial charge in [0.25, 0.3) is 0 Å². The van der Waals surface area contributed by atoms with E-state index in [1.807, 2.05) is 46.8 Å². The van der Waals surface area contributed by atoms with E-state index >= 15 is 0 Å². The first kappa shape index (κ1) is 41.1. The first-order chi connectivity index (χ1) is 21.3. The van der Waals surface area contributed by atoms with Crippen molar-refractivity contribution in [2.75, 3.05) is 25.1 Å². The molecule has 1 aromatic carbocycles. The van der Waals surface area contributed by atoms with E-state index in [2.05, 4.69) is 16.4 Å². The van der Waals surface area contributed by atoms with E-state index in [1.165, 1.54) is 6.92 Å². The molecule has 0 radical (unpaired) electrons. The van der Waals surface area contributed by atoms with E-state index < -0.39 is 24.2 Å². The number of primary amides is 1. The lowest BCUT2D eigenvalue weighted by Gasteiger charge is -2.23. The van der Waals surface area contributed by atoms with E-state index in [9.17, 15) is 24.0 Å². The number of carbonyl (C=O) groups is 6. The van der Waals surface area contributed by atoms with Gasteiger partial charge in [-0.25, -0.2) is 0 Å². The van der Waals surface area contributed by atoms with E-state index in [1.54, 1.807) is 6.07 Å². The van der Waals surface area contributed by atoms with Crippen molar-refractivity contribution < 1.29 is 48.5 Å². The number of anilines is 1. The maximum Gasteiger partial charge on any atom is 0.302 e. The number of amides is 5. The van der Waals surface area contributed by atoms with Crippen LogP contribution in [-0.4, -0.2) is 89.1 Å². The minimum atomic E-state index is -0.469. The van der Waals surface area contributed by atoms with Crippen LogP contribution in [0.5, 0.6) is 0 Å². The summed E-state index contributed by atoms with van der Waals surface area (Å²) in [5, 5.41) is 23.2. The molecule has 0 spiro atoms. The maximum atomic E-state index is 12.6. The Hall–Kier alpha value is -3.88. The van der Waals surface area contributed by atoms with Gasteiger partial charge >= 0.3 is 5.97 Å². The molecule has 3 rings (SSSR count). The molecule has 45 heavy (non-hydrogen) atoms. The van der Waals surface area contributed by atoms with Gasteiger partial charge in [0.15, 0.2) is 0 Å². The highest BCUT2D eigenvalue weighted by Crippen LogP contribution is 2.19. The van der Waals surface area contributed by atoms with Crippen LogP contribution in [0.1, 0.15) is 78.4 Å². The largest absolute Gasteiger partial charge is 0.461 e. The Morgan fingerprint density at radius 3 is 2.07 bits per heavy atom. The topological polar surface area (TPSA) is 215 Å². The van der Waals surface area contributed by atoms with Crippen LogP contribution in [0.4, 0.5) is 5.69 Å². The number of aliphatic hydroxyl groups excluding tert-OH is 2. The minimum absolute atomic E-state index is 0.0352. The van der Waals surface area contributed by atoms with Gasteiger partial charge in [-0.1, -0.05) is 40.7 Å². The highest BCUT2D eigenvalue weighted by molar-refractivity contribution is 6.04. The van der Waals surface area contributed by atoms with E-state index in [4.69, 9.17) is 24.5 Å². The van der Waals surface area contributed by atoms with Crippen LogP contribution in [0.25, 0.3) is 0 Å². The third-order valence-electron chi connectivity index (χ3n) is 6.48. The summed E-state index contributed by atoms with van der Waals surface area (Å²) >= 11 is 0. The molecule has 2 aliphatic heterocycles.